The summed E-state index contributed by atoms with van der Waals surface area (Å²) >= 11 is 6.28. The van der Waals surface area contributed by atoms with Crippen LogP contribution in [0.5, 0.6) is 5.75 Å². The molecule has 0 bridgehead atoms. The van der Waals surface area contributed by atoms with Gasteiger partial charge in [-0.3, -0.25) is 9.89 Å². The van der Waals surface area contributed by atoms with Gasteiger partial charge in [0.05, 0.1) is 12.1 Å². The van der Waals surface area contributed by atoms with E-state index in [-0.39, 0.29) is 5.91 Å². The van der Waals surface area contributed by atoms with Crippen molar-refractivity contribution in [3.05, 3.63) is 65.3 Å². The van der Waals surface area contributed by atoms with Gasteiger partial charge in [0, 0.05) is 42.4 Å². The van der Waals surface area contributed by atoms with Crippen molar-refractivity contribution in [3.63, 3.8) is 0 Å². The van der Waals surface area contributed by atoms with Crippen LogP contribution in [0.3, 0.4) is 0 Å². The second-order valence-electron chi connectivity index (χ2n) is 6.82. The number of rotatable bonds is 4. The highest BCUT2D eigenvalue weighted by atomic mass is 35.5. The van der Waals surface area contributed by atoms with Crippen LogP contribution in [0, 0.1) is 0 Å². The van der Waals surface area contributed by atoms with Crippen LogP contribution in [-0.2, 0) is 0 Å². The minimum Gasteiger partial charge on any atom is -0.495 e. The Bertz CT molecular complexity index is 1220. The molecule has 0 saturated carbocycles. The first-order chi connectivity index (χ1) is 14.0. The Hall–Kier alpha value is -3.38. The first-order valence-electron chi connectivity index (χ1n) is 8.98. The van der Waals surface area contributed by atoms with E-state index in [1.54, 1.807) is 38.4 Å². The molecular weight excluding hydrogens is 388 g/mol. The van der Waals surface area contributed by atoms with Crippen LogP contribution in [-0.4, -0.2) is 47.2 Å². The summed E-state index contributed by atoms with van der Waals surface area (Å²) in [6.07, 6.45) is 1.77. The highest BCUT2D eigenvalue weighted by Gasteiger charge is 2.14. The molecule has 4 rings (SSSR count). The zero-order valence-electron chi connectivity index (χ0n) is 16.2. The number of H-pyrrole nitrogens is 1. The van der Waals surface area contributed by atoms with Gasteiger partial charge in [0.1, 0.15) is 11.4 Å². The molecule has 2 aromatic heterocycles. The Morgan fingerprint density at radius 2 is 1.90 bits per heavy atom. The summed E-state index contributed by atoms with van der Waals surface area (Å²) in [7, 11) is 5.05. The number of nitrogens with zero attached hydrogens (tertiary/aromatic N) is 3. The highest BCUT2D eigenvalue weighted by Crippen LogP contribution is 2.33. The number of carbonyl (C=O) groups excluding carboxylic acids is 1. The molecule has 29 heavy (non-hydrogen) atoms. The fourth-order valence-electron chi connectivity index (χ4n) is 3.19. The Balaban J connectivity index is 1.79. The van der Waals surface area contributed by atoms with E-state index in [0.717, 1.165) is 27.8 Å². The summed E-state index contributed by atoms with van der Waals surface area (Å²) in [5.74, 6) is 0.564. The van der Waals surface area contributed by atoms with Gasteiger partial charge in [0.15, 0.2) is 5.65 Å². The third-order valence-corrected chi connectivity index (χ3v) is 4.99. The number of hydrogen-bond acceptors (Lipinski definition) is 4. The molecule has 6 nitrogen and oxygen atoms in total. The topological polar surface area (TPSA) is 71.1 Å². The lowest BCUT2D eigenvalue weighted by atomic mass is 10.0. The number of amides is 1. The molecule has 7 heteroatoms. The van der Waals surface area contributed by atoms with Crippen LogP contribution in [0.2, 0.25) is 5.02 Å². The number of aromatic amines is 1. The summed E-state index contributed by atoms with van der Waals surface area (Å²) in [4.78, 5) is 18.4. The molecule has 0 aliphatic rings. The van der Waals surface area contributed by atoms with Crippen molar-refractivity contribution >= 4 is 28.5 Å². The van der Waals surface area contributed by atoms with E-state index in [2.05, 4.69) is 15.2 Å². The number of aromatic nitrogens is 3. The second-order valence-corrected chi connectivity index (χ2v) is 7.23. The maximum Gasteiger partial charge on any atom is 0.253 e. The van der Waals surface area contributed by atoms with Crippen molar-refractivity contribution in [1.82, 2.24) is 20.1 Å². The molecule has 4 aromatic rings. The first-order valence-corrected chi connectivity index (χ1v) is 9.36. The Labute approximate surface area is 173 Å². The van der Waals surface area contributed by atoms with Gasteiger partial charge < -0.3 is 9.64 Å². The number of halogens is 1. The Morgan fingerprint density at radius 1 is 1.07 bits per heavy atom. The lowest BCUT2D eigenvalue weighted by molar-refractivity contribution is 0.0827. The maximum absolute atomic E-state index is 12.3. The molecule has 0 aliphatic carbocycles. The van der Waals surface area contributed by atoms with Gasteiger partial charge in [-0.05, 0) is 42.0 Å². The molecule has 0 spiro atoms. The third-order valence-electron chi connectivity index (χ3n) is 4.69. The number of hydrogen-bond donors (Lipinski definition) is 1. The number of ether oxygens (including phenoxy) is 1. The smallest absolute Gasteiger partial charge is 0.253 e. The average Bonchev–Trinajstić information content (AvgIpc) is 3.16. The van der Waals surface area contributed by atoms with Crippen molar-refractivity contribution in [2.45, 2.75) is 0 Å². The molecular formula is C22H19ClN4O2. The zero-order valence-corrected chi connectivity index (χ0v) is 17.0. The molecule has 1 amide bonds. The standard InChI is InChI=1S/C22H19ClN4O2/c1-27(2)22(28)15-6-4-5-13(9-15)16-10-17-20(25-26-21(17)24-12-16)14-7-8-19(29-3)18(23)11-14/h4-12H,1-3H3,(H,24,25,26). The molecule has 146 valence electrons. The molecule has 2 heterocycles. The van der Waals surface area contributed by atoms with Crippen molar-refractivity contribution in [1.29, 1.82) is 0 Å². The van der Waals surface area contributed by atoms with Crippen LogP contribution in [0.4, 0.5) is 0 Å². The van der Waals surface area contributed by atoms with E-state index in [9.17, 15) is 4.79 Å². The largest absolute Gasteiger partial charge is 0.495 e. The van der Waals surface area contributed by atoms with Gasteiger partial charge in [-0.15, -0.1) is 0 Å². The molecule has 0 unspecified atom stereocenters. The van der Waals surface area contributed by atoms with Crippen molar-refractivity contribution in [3.8, 4) is 28.1 Å². The van der Waals surface area contributed by atoms with Crippen LogP contribution in [0.15, 0.2) is 54.7 Å². The van der Waals surface area contributed by atoms with Gasteiger partial charge in [0.25, 0.3) is 5.91 Å². The fraction of sp³-hybridized carbons (Fsp3) is 0.136. The van der Waals surface area contributed by atoms with Crippen molar-refractivity contribution in [2.75, 3.05) is 21.2 Å². The van der Waals surface area contributed by atoms with E-state index in [1.807, 2.05) is 42.5 Å². The molecule has 0 saturated heterocycles. The number of pyridine rings is 1. The molecule has 0 aliphatic heterocycles. The predicted molar refractivity (Wildman–Crippen MR) is 114 cm³/mol. The van der Waals surface area contributed by atoms with Gasteiger partial charge >= 0.3 is 0 Å². The summed E-state index contributed by atoms with van der Waals surface area (Å²) in [6.45, 7) is 0. The van der Waals surface area contributed by atoms with Gasteiger partial charge in [-0.25, -0.2) is 4.98 Å². The lowest BCUT2D eigenvalue weighted by Gasteiger charge is -2.11. The van der Waals surface area contributed by atoms with Crippen LogP contribution < -0.4 is 4.74 Å². The summed E-state index contributed by atoms with van der Waals surface area (Å²) in [5.41, 5.74) is 4.72. The van der Waals surface area contributed by atoms with Gasteiger partial charge in [-0.2, -0.15) is 5.10 Å². The maximum atomic E-state index is 12.3. The first kappa shape index (κ1) is 19.0. The minimum atomic E-state index is -0.0437. The zero-order chi connectivity index (χ0) is 20.5. The quantitative estimate of drug-likeness (QED) is 0.535. The molecule has 0 radical (unpaired) electrons. The fourth-order valence-corrected chi connectivity index (χ4v) is 3.44. The van der Waals surface area contributed by atoms with Crippen LogP contribution >= 0.6 is 11.6 Å². The third kappa shape index (κ3) is 3.54. The van der Waals surface area contributed by atoms with Crippen LogP contribution in [0.25, 0.3) is 33.4 Å². The lowest BCUT2D eigenvalue weighted by Crippen LogP contribution is -2.21. The van der Waals surface area contributed by atoms with Crippen LogP contribution in [0.1, 0.15) is 10.4 Å². The number of benzene rings is 2. The van der Waals surface area contributed by atoms with E-state index in [1.165, 1.54) is 0 Å². The molecule has 2 aromatic carbocycles. The monoisotopic (exact) mass is 406 g/mol. The van der Waals surface area contributed by atoms with E-state index in [4.69, 9.17) is 16.3 Å². The number of carbonyl (C=O) groups is 1. The average molecular weight is 407 g/mol. The Kier molecular flexibility index (Phi) is 4.94. The SMILES string of the molecule is COc1ccc(-c2n[nH]c3ncc(-c4cccc(C(=O)N(C)C)c4)cc23)cc1Cl. The number of methoxy groups -OCH3 is 1. The van der Waals surface area contributed by atoms with E-state index >= 15 is 0 Å². The summed E-state index contributed by atoms with van der Waals surface area (Å²) < 4.78 is 5.23. The minimum absolute atomic E-state index is 0.0437. The number of fused-ring (bicyclic) bond motifs is 1. The molecule has 0 fully saturated rings. The van der Waals surface area contributed by atoms with E-state index < -0.39 is 0 Å². The number of nitrogens with one attached hydrogen (secondary N) is 1. The van der Waals surface area contributed by atoms with Gasteiger partial charge in [0.2, 0.25) is 0 Å². The van der Waals surface area contributed by atoms with E-state index in [0.29, 0.717) is 22.0 Å². The van der Waals surface area contributed by atoms with Gasteiger partial charge in [-0.1, -0.05) is 23.7 Å². The Morgan fingerprint density at radius 3 is 2.62 bits per heavy atom. The molecule has 0 atom stereocenters. The predicted octanol–water partition coefficient (Wildman–Crippen LogP) is 4.66. The van der Waals surface area contributed by atoms with Crippen molar-refractivity contribution in [2.24, 2.45) is 0 Å². The second kappa shape index (κ2) is 7.56. The summed E-state index contributed by atoms with van der Waals surface area (Å²) in [5, 5.41) is 8.76. The normalized spacial score (nSPS) is 10.9. The molecule has 1 N–H and O–H groups in total. The highest BCUT2D eigenvalue weighted by molar-refractivity contribution is 6.32. The van der Waals surface area contributed by atoms with Crippen molar-refractivity contribution < 1.29 is 9.53 Å². The summed E-state index contributed by atoms with van der Waals surface area (Å²) in [6, 6.07) is 15.1.